The highest BCUT2D eigenvalue weighted by atomic mass is 32.2. The van der Waals surface area contributed by atoms with Crippen LogP contribution in [0.4, 0.5) is 4.39 Å². The highest BCUT2D eigenvalue weighted by Crippen LogP contribution is 2.21. The number of nitrogens with zero attached hydrogens (tertiary/aromatic N) is 5. The van der Waals surface area contributed by atoms with Gasteiger partial charge in [0.1, 0.15) is 5.82 Å². The highest BCUT2D eigenvalue weighted by molar-refractivity contribution is 7.99. The standard InChI is InChI=1S/C18H12FN5OS/c19-14-3-1-13(2-4-14)16(25)11-26-18-22-21-17-6-5-15(23-24(17)18)12-7-9-20-10-8-12/h1-10H,11H2. The molecule has 0 saturated carbocycles. The molecule has 8 heteroatoms. The van der Waals surface area contributed by atoms with E-state index in [-0.39, 0.29) is 17.4 Å². The van der Waals surface area contributed by atoms with Gasteiger partial charge in [0.25, 0.3) is 0 Å². The summed E-state index contributed by atoms with van der Waals surface area (Å²) in [6.07, 6.45) is 3.40. The number of halogens is 1. The number of rotatable bonds is 5. The molecule has 0 fully saturated rings. The maximum Gasteiger partial charge on any atom is 0.212 e. The molecule has 6 nitrogen and oxygen atoms in total. The van der Waals surface area contributed by atoms with Gasteiger partial charge < -0.3 is 0 Å². The average molecular weight is 365 g/mol. The van der Waals surface area contributed by atoms with Gasteiger partial charge in [-0.25, -0.2) is 4.39 Å². The van der Waals surface area contributed by atoms with Crippen LogP contribution in [0.1, 0.15) is 10.4 Å². The minimum Gasteiger partial charge on any atom is -0.293 e. The summed E-state index contributed by atoms with van der Waals surface area (Å²) in [6.45, 7) is 0. The van der Waals surface area contributed by atoms with Gasteiger partial charge in [-0.1, -0.05) is 11.8 Å². The van der Waals surface area contributed by atoms with Gasteiger partial charge in [0.05, 0.1) is 11.4 Å². The molecule has 0 amide bonds. The minimum atomic E-state index is -0.370. The minimum absolute atomic E-state index is 0.114. The number of aromatic nitrogens is 5. The average Bonchev–Trinajstić information content (AvgIpc) is 3.09. The molecule has 1 aromatic carbocycles. The molecule has 0 aliphatic heterocycles. The number of hydrogen-bond acceptors (Lipinski definition) is 6. The van der Waals surface area contributed by atoms with Gasteiger partial charge in [-0.15, -0.1) is 10.2 Å². The van der Waals surface area contributed by atoms with Crippen LogP contribution in [0.5, 0.6) is 0 Å². The topological polar surface area (TPSA) is 73.0 Å². The van der Waals surface area contributed by atoms with E-state index in [0.717, 1.165) is 11.3 Å². The van der Waals surface area contributed by atoms with E-state index in [4.69, 9.17) is 0 Å². The number of benzene rings is 1. The predicted molar refractivity (Wildman–Crippen MR) is 95.5 cm³/mol. The molecule has 128 valence electrons. The van der Waals surface area contributed by atoms with Gasteiger partial charge in [0.2, 0.25) is 5.16 Å². The van der Waals surface area contributed by atoms with Crippen molar-refractivity contribution in [2.45, 2.75) is 5.16 Å². The Kier molecular flexibility index (Phi) is 4.40. The maximum atomic E-state index is 13.0. The summed E-state index contributed by atoms with van der Waals surface area (Å²) < 4.78 is 14.6. The van der Waals surface area contributed by atoms with Crippen LogP contribution >= 0.6 is 11.8 Å². The lowest BCUT2D eigenvalue weighted by atomic mass is 10.1. The first-order valence-corrected chi connectivity index (χ1v) is 8.74. The number of carbonyl (C=O) groups excluding carboxylic acids is 1. The molecule has 0 bridgehead atoms. The molecule has 3 aromatic heterocycles. The van der Waals surface area contributed by atoms with Gasteiger partial charge in [0, 0.05) is 23.5 Å². The Labute approximate surface area is 152 Å². The quantitative estimate of drug-likeness (QED) is 0.399. The van der Waals surface area contributed by atoms with Crippen LogP contribution in [-0.4, -0.2) is 36.3 Å². The fourth-order valence-electron chi connectivity index (χ4n) is 2.39. The van der Waals surface area contributed by atoms with Gasteiger partial charge in [-0.2, -0.15) is 9.61 Å². The van der Waals surface area contributed by atoms with Crippen molar-refractivity contribution in [2.75, 3.05) is 5.75 Å². The van der Waals surface area contributed by atoms with E-state index in [9.17, 15) is 9.18 Å². The van der Waals surface area contributed by atoms with Crippen LogP contribution in [0.3, 0.4) is 0 Å². The summed E-state index contributed by atoms with van der Waals surface area (Å²) in [6, 6.07) is 12.9. The van der Waals surface area contributed by atoms with Crippen LogP contribution in [0, 0.1) is 5.82 Å². The number of thioether (sulfide) groups is 1. The second-order valence-electron chi connectivity index (χ2n) is 5.43. The van der Waals surface area contributed by atoms with Crippen molar-refractivity contribution in [3.63, 3.8) is 0 Å². The first-order valence-electron chi connectivity index (χ1n) is 7.75. The molecule has 0 aliphatic rings. The Morgan fingerprint density at radius 1 is 1.00 bits per heavy atom. The monoisotopic (exact) mass is 365 g/mol. The van der Waals surface area contributed by atoms with Gasteiger partial charge in [0.15, 0.2) is 11.4 Å². The van der Waals surface area contributed by atoms with Gasteiger partial charge in [-0.05, 0) is 48.5 Å². The Morgan fingerprint density at radius 3 is 2.54 bits per heavy atom. The summed E-state index contributed by atoms with van der Waals surface area (Å²) >= 11 is 1.24. The third-order valence-corrected chi connectivity index (χ3v) is 4.63. The molecular weight excluding hydrogens is 353 g/mol. The second kappa shape index (κ2) is 7.01. The first-order chi connectivity index (χ1) is 12.7. The van der Waals surface area contributed by atoms with Crippen molar-refractivity contribution in [1.82, 2.24) is 24.8 Å². The number of ketones is 1. The van der Waals surface area contributed by atoms with Crippen molar-refractivity contribution < 1.29 is 9.18 Å². The lowest BCUT2D eigenvalue weighted by molar-refractivity contribution is 0.102. The largest absolute Gasteiger partial charge is 0.293 e. The van der Waals surface area contributed by atoms with Crippen molar-refractivity contribution in [2.24, 2.45) is 0 Å². The normalized spacial score (nSPS) is 11.0. The van der Waals surface area contributed by atoms with Crippen LogP contribution < -0.4 is 0 Å². The molecule has 0 radical (unpaired) electrons. The molecule has 0 aliphatic carbocycles. The Hall–Kier alpha value is -3.13. The number of carbonyl (C=O) groups is 1. The van der Waals surface area contributed by atoms with E-state index in [2.05, 4.69) is 20.3 Å². The summed E-state index contributed by atoms with van der Waals surface area (Å²) in [5, 5.41) is 13.2. The van der Waals surface area contributed by atoms with Crippen LogP contribution in [0.15, 0.2) is 66.1 Å². The molecule has 0 atom stereocenters. The lowest BCUT2D eigenvalue weighted by Gasteiger charge is -2.03. The zero-order valence-electron chi connectivity index (χ0n) is 13.4. The molecule has 4 rings (SSSR count). The zero-order valence-corrected chi connectivity index (χ0v) is 14.2. The molecule has 3 heterocycles. The molecule has 0 saturated heterocycles. The predicted octanol–water partition coefficient (Wildman–Crippen LogP) is 3.30. The Balaban J connectivity index is 1.57. The number of hydrogen-bond donors (Lipinski definition) is 0. The van der Waals surface area contributed by atoms with E-state index >= 15 is 0 Å². The maximum absolute atomic E-state index is 13.0. The van der Waals surface area contributed by atoms with Crippen molar-refractivity contribution in [1.29, 1.82) is 0 Å². The highest BCUT2D eigenvalue weighted by Gasteiger charge is 2.13. The second-order valence-corrected chi connectivity index (χ2v) is 6.37. The zero-order chi connectivity index (χ0) is 17.9. The third-order valence-electron chi connectivity index (χ3n) is 3.71. The third kappa shape index (κ3) is 3.31. The molecular formula is C18H12FN5OS. The first kappa shape index (κ1) is 16.3. The molecule has 26 heavy (non-hydrogen) atoms. The summed E-state index contributed by atoms with van der Waals surface area (Å²) in [5.74, 6) is -0.323. The van der Waals surface area contributed by atoms with Crippen LogP contribution in [0.2, 0.25) is 0 Å². The fourth-order valence-corrected chi connectivity index (χ4v) is 3.17. The van der Waals surface area contributed by atoms with E-state index in [1.54, 1.807) is 16.9 Å². The van der Waals surface area contributed by atoms with Gasteiger partial charge in [-0.3, -0.25) is 9.78 Å². The Morgan fingerprint density at radius 2 is 1.77 bits per heavy atom. The molecule has 0 N–H and O–H groups in total. The van der Waals surface area contributed by atoms with E-state index in [0.29, 0.717) is 16.4 Å². The molecule has 0 unspecified atom stereocenters. The summed E-state index contributed by atoms with van der Waals surface area (Å²) in [4.78, 5) is 16.2. The fraction of sp³-hybridized carbons (Fsp3) is 0.0556. The van der Waals surface area contributed by atoms with Crippen LogP contribution in [-0.2, 0) is 0 Å². The van der Waals surface area contributed by atoms with Crippen molar-refractivity contribution >= 4 is 23.2 Å². The summed E-state index contributed by atoms with van der Waals surface area (Å²) in [7, 11) is 0. The van der Waals surface area contributed by atoms with E-state index in [1.165, 1.54) is 36.0 Å². The van der Waals surface area contributed by atoms with Crippen molar-refractivity contribution in [3.8, 4) is 11.3 Å². The summed E-state index contributed by atoms with van der Waals surface area (Å²) in [5.41, 5.74) is 2.73. The van der Waals surface area contributed by atoms with E-state index in [1.807, 2.05) is 24.3 Å². The smallest absolute Gasteiger partial charge is 0.212 e. The van der Waals surface area contributed by atoms with Gasteiger partial charge >= 0.3 is 0 Å². The number of fused-ring (bicyclic) bond motifs is 1. The number of pyridine rings is 1. The number of Topliss-reactive ketones (excluding diaryl/α,β-unsaturated/α-hetero) is 1. The van der Waals surface area contributed by atoms with Crippen LogP contribution in [0.25, 0.3) is 16.9 Å². The molecule has 0 spiro atoms. The SMILES string of the molecule is O=C(CSc1nnc2ccc(-c3ccncc3)nn12)c1ccc(F)cc1. The van der Waals surface area contributed by atoms with Crippen molar-refractivity contribution in [3.05, 3.63) is 72.3 Å². The lowest BCUT2D eigenvalue weighted by Crippen LogP contribution is -2.04. The Bertz CT molecular complexity index is 1070. The van der Waals surface area contributed by atoms with E-state index < -0.39 is 0 Å². The molecule has 4 aromatic rings.